The van der Waals surface area contributed by atoms with Crippen LogP contribution in [0.4, 0.5) is 0 Å². The van der Waals surface area contributed by atoms with E-state index in [-0.39, 0.29) is 0 Å². The van der Waals surface area contributed by atoms with Crippen molar-refractivity contribution in [1.82, 2.24) is 0 Å². The van der Waals surface area contributed by atoms with Crippen LogP contribution in [0.25, 0.3) is 0 Å². The van der Waals surface area contributed by atoms with E-state index < -0.39 is 0 Å². The van der Waals surface area contributed by atoms with Crippen LogP contribution in [0.1, 0.15) is 57.4 Å². The predicted molar refractivity (Wildman–Crippen MR) is 90.8 cm³/mol. The van der Waals surface area contributed by atoms with Gasteiger partial charge in [0.25, 0.3) is 0 Å². The van der Waals surface area contributed by atoms with Gasteiger partial charge in [-0.25, -0.2) is 0 Å². The van der Waals surface area contributed by atoms with Crippen LogP contribution in [-0.2, 0) is 0 Å². The molecule has 0 unspecified atom stereocenters. The Morgan fingerprint density at radius 1 is 1.18 bits per heavy atom. The van der Waals surface area contributed by atoms with Crippen molar-refractivity contribution in [3.05, 3.63) is 42.0 Å². The van der Waals surface area contributed by atoms with Crippen molar-refractivity contribution in [2.75, 3.05) is 6.61 Å². The van der Waals surface area contributed by atoms with Gasteiger partial charge in [-0.15, -0.1) is 0 Å². The van der Waals surface area contributed by atoms with Gasteiger partial charge in [0, 0.05) is 0 Å². The van der Waals surface area contributed by atoms with Crippen molar-refractivity contribution in [1.29, 1.82) is 5.26 Å². The number of allylic oxidation sites excluding steroid dienone is 1. The molecule has 22 heavy (non-hydrogen) atoms. The lowest BCUT2D eigenvalue weighted by molar-refractivity contribution is 0.289. The van der Waals surface area contributed by atoms with Gasteiger partial charge in [-0.2, -0.15) is 5.26 Å². The molecule has 0 aliphatic heterocycles. The molecule has 0 spiro atoms. The van der Waals surface area contributed by atoms with Crippen LogP contribution in [-0.4, -0.2) is 6.61 Å². The molecule has 1 fully saturated rings. The summed E-state index contributed by atoms with van der Waals surface area (Å²) in [4.78, 5) is 0. The fourth-order valence-corrected chi connectivity index (χ4v) is 3.18. The van der Waals surface area contributed by atoms with Gasteiger partial charge >= 0.3 is 0 Å². The summed E-state index contributed by atoms with van der Waals surface area (Å²) in [6.07, 6.45) is 14.1. The highest BCUT2D eigenvalue weighted by Gasteiger charge is 2.18. The molecule has 0 amide bonds. The molecule has 2 rings (SSSR count). The minimum atomic E-state index is 0.613. The molecule has 1 saturated carbocycles. The molecule has 0 saturated heterocycles. The average molecular weight is 297 g/mol. The maximum atomic E-state index is 8.75. The molecular formula is C20H27NO. The van der Waals surface area contributed by atoms with Crippen LogP contribution in [0.3, 0.4) is 0 Å². The van der Waals surface area contributed by atoms with Gasteiger partial charge in [0.05, 0.1) is 11.6 Å². The van der Waals surface area contributed by atoms with Crippen LogP contribution < -0.4 is 4.74 Å². The zero-order chi connectivity index (χ0) is 15.6. The fraction of sp³-hybridized carbons (Fsp3) is 0.550. The van der Waals surface area contributed by atoms with Crippen molar-refractivity contribution < 1.29 is 4.74 Å². The predicted octanol–water partition coefficient (Wildman–Crippen LogP) is 5.49. The summed E-state index contributed by atoms with van der Waals surface area (Å²) in [5, 5.41) is 8.75. The Bertz CT molecular complexity index is 489. The van der Waals surface area contributed by atoms with Crippen molar-refractivity contribution in [2.45, 2.75) is 51.9 Å². The minimum Gasteiger partial charge on any atom is -0.490 e. The van der Waals surface area contributed by atoms with Gasteiger partial charge in [-0.05, 0) is 61.8 Å². The summed E-state index contributed by atoms with van der Waals surface area (Å²) < 4.78 is 5.67. The highest BCUT2D eigenvalue weighted by molar-refractivity contribution is 5.34. The van der Waals surface area contributed by atoms with Crippen molar-refractivity contribution in [3.8, 4) is 11.8 Å². The van der Waals surface area contributed by atoms with Crippen molar-refractivity contribution in [2.24, 2.45) is 11.8 Å². The van der Waals surface area contributed by atoms with E-state index >= 15 is 0 Å². The molecule has 1 aromatic rings. The maximum absolute atomic E-state index is 8.75. The molecule has 1 aliphatic rings. The van der Waals surface area contributed by atoms with Crippen LogP contribution in [0.2, 0.25) is 0 Å². The zero-order valence-electron chi connectivity index (χ0n) is 13.6. The van der Waals surface area contributed by atoms with Gasteiger partial charge in [-0.1, -0.05) is 38.3 Å². The van der Waals surface area contributed by atoms with E-state index in [1.165, 1.54) is 44.9 Å². The third kappa shape index (κ3) is 5.56. The first-order valence-electron chi connectivity index (χ1n) is 8.61. The Hall–Kier alpha value is -1.75. The molecule has 2 heteroatoms. The molecular weight excluding hydrogens is 270 g/mol. The summed E-state index contributed by atoms with van der Waals surface area (Å²) in [5.74, 6) is 2.54. The number of nitriles is 1. The average Bonchev–Trinajstić information content (AvgIpc) is 2.58. The number of benzene rings is 1. The molecule has 0 heterocycles. The summed E-state index contributed by atoms with van der Waals surface area (Å²) in [5.41, 5.74) is 0.669. The van der Waals surface area contributed by atoms with Gasteiger partial charge in [-0.3, -0.25) is 0 Å². The Balaban J connectivity index is 1.65. The molecule has 0 N–H and O–H groups in total. The van der Waals surface area contributed by atoms with Crippen LogP contribution >= 0.6 is 0 Å². The number of rotatable bonds is 7. The van der Waals surface area contributed by atoms with Gasteiger partial charge in [0.2, 0.25) is 0 Å². The van der Waals surface area contributed by atoms with Gasteiger partial charge in [0.15, 0.2) is 0 Å². The van der Waals surface area contributed by atoms with E-state index in [0.717, 1.165) is 17.6 Å². The molecule has 0 atom stereocenters. The van der Waals surface area contributed by atoms with Crippen molar-refractivity contribution in [3.63, 3.8) is 0 Å². The smallest absolute Gasteiger partial charge is 0.119 e. The minimum absolute atomic E-state index is 0.613. The zero-order valence-corrected chi connectivity index (χ0v) is 13.6. The lowest BCUT2D eigenvalue weighted by Gasteiger charge is -2.26. The second kappa shape index (κ2) is 9.30. The summed E-state index contributed by atoms with van der Waals surface area (Å²) >= 11 is 0. The third-order valence-electron chi connectivity index (χ3n) is 4.60. The van der Waals surface area contributed by atoms with Crippen molar-refractivity contribution >= 4 is 0 Å². The molecule has 118 valence electrons. The van der Waals surface area contributed by atoms with Gasteiger partial charge < -0.3 is 4.74 Å². The Kier molecular flexibility index (Phi) is 7.03. The van der Waals surface area contributed by atoms with E-state index in [1.807, 2.05) is 12.1 Å². The van der Waals surface area contributed by atoms with Crippen LogP contribution in [0.5, 0.6) is 5.75 Å². The number of hydrogen-bond acceptors (Lipinski definition) is 2. The first-order chi connectivity index (χ1) is 10.8. The number of ether oxygens (including phenoxy) is 1. The lowest BCUT2D eigenvalue weighted by Crippen LogP contribution is -2.13. The molecule has 0 radical (unpaired) electrons. The molecule has 0 aromatic heterocycles. The highest BCUT2D eigenvalue weighted by atomic mass is 16.5. The number of hydrogen-bond donors (Lipinski definition) is 0. The monoisotopic (exact) mass is 297 g/mol. The molecule has 1 aliphatic carbocycles. The number of unbranched alkanes of at least 4 members (excludes halogenated alkanes) is 1. The van der Waals surface area contributed by atoms with E-state index in [2.05, 4.69) is 25.1 Å². The highest BCUT2D eigenvalue weighted by Crippen LogP contribution is 2.32. The number of nitrogens with zero attached hydrogens (tertiary/aromatic N) is 1. The second-order valence-corrected chi connectivity index (χ2v) is 6.30. The molecule has 2 nitrogen and oxygen atoms in total. The first-order valence-corrected chi connectivity index (χ1v) is 8.61. The van der Waals surface area contributed by atoms with E-state index in [9.17, 15) is 0 Å². The van der Waals surface area contributed by atoms with Crippen LogP contribution in [0.15, 0.2) is 36.4 Å². The van der Waals surface area contributed by atoms with Gasteiger partial charge in [0.1, 0.15) is 12.4 Å². The Labute approximate surface area is 134 Å². The van der Waals surface area contributed by atoms with E-state index in [1.54, 1.807) is 12.1 Å². The third-order valence-corrected chi connectivity index (χ3v) is 4.60. The summed E-state index contributed by atoms with van der Waals surface area (Å²) in [6.45, 7) is 2.89. The molecule has 1 aromatic carbocycles. The van der Waals surface area contributed by atoms with Crippen LogP contribution in [0, 0.1) is 23.2 Å². The first kappa shape index (κ1) is 16.6. The topological polar surface area (TPSA) is 33.0 Å². The molecule has 0 bridgehead atoms. The summed E-state index contributed by atoms with van der Waals surface area (Å²) in [7, 11) is 0. The Morgan fingerprint density at radius 3 is 2.55 bits per heavy atom. The quantitative estimate of drug-likeness (QED) is 0.623. The SMILES string of the molecule is CCCCC1CCC(/C=C/COc2ccc(C#N)cc2)CC1. The van der Waals surface area contributed by atoms with E-state index in [0.29, 0.717) is 12.2 Å². The van der Waals surface area contributed by atoms with E-state index in [4.69, 9.17) is 10.00 Å². The second-order valence-electron chi connectivity index (χ2n) is 6.30. The Morgan fingerprint density at radius 2 is 1.91 bits per heavy atom. The fourth-order valence-electron chi connectivity index (χ4n) is 3.18. The normalized spacial score (nSPS) is 21.6. The summed E-state index contributed by atoms with van der Waals surface area (Å²) in [6, 6.07) is 9.39. The maximum Gasteiger partial charge on any atom is 0.119 e. The standard InChI is InChI=1S/C20H27NO/c1-2-3-5-17-7-9-18(10-8-17)6-4-15-22-20-13-11-19(16-21)12-14-20/h4,6,11-14,17-18H,2-3,5,7-10,15H2,1H3/b6-4+. The largest absolute Gasteiger partial charge is 0.490 e. The lowest BCUT2D eigenvalue weighted by atomic mass is 9.80.